The van der Waals surface area contributed by atoms with Gasteiger partial charge in [0.05, 0.1) is 12.2 Å². The van der Waals surface area contributed by atoms with Crippen molar-refractivity contribution in [1.82, 2.24) is 15.0 Å². The molecule has 0 bridgehead atoms. The number of ether oxygens (including phenoxy) is 7. The molecule has 0 aliphatic carbocycles. The maximum absolute atomic E-state index is 14.1. The van der Waals surface area contributed by atoms with Crippen LogP contribution in [0.3, 0.4) is 0 Å². The topological polar surface area (TPSA) is 229 Å². The molecule has 2 saturated heterocycles. The Hall–Kier alpha value is -4.92. The smallest absolute Gasteiger partial charge is 0.303 e. The molecule has 288 valence electrons. The van der Waals surface area contributed by atoms with Crippen LogP contribution < -0.4 is 0 Å². The van der Waals surface area contributed by atoms with Crippen molar-refractivity contribution in [2.45, 2.75) is 95.0 Å². The van der Waals surface area contributed by atoms with Crippen LogP contribution in [0.4, 0.5) is 13.2 Å². The Kier molecular flexibility index (Phi) is 13.7. The average Bonchev–Trinajstić information content (AvgIpc) is 3.55. The van der Waals surface area contributed by atoms with Crippen LogP contribution in [0.25, 0.3) is 21.7 Å². The van der Waals surface area contributed by atoms with E-state index in [1.54, 1.807) is 6.92 Å². The first-order chi connectivity index (χ1) is 25.0. The molecule has 1 aromatic heterocycles. The first kappa shape index (κ1) is 40.8. The van der Waals surface area contributed by atoms with Gasteiger partial charge in [-0.25, -0.2) is 17.9 Å². The molecule has 0 amide bonds. The molecule has 18 nitrogen and oxygen atoms in total. The zero-order valence-electron chi connectivity index (χ0n) is 29.0. The monoisotopic (exact) mass is 772 g/mol. The van der Waals surface area contributed by atoms with Gasteiger partial charge in [-0.2, -0.15) is 0 Å². The van der Waals surface area contributed by atoms with Crippen molar-refractivity contribution in [3.05, 3.63) is 46.2 Å². The van der Waals surface area contributed by atoms with Crippen molar-refractivity contribution in [2.75, 3.05) is 13.2 Å². The van der Waals surface area contributed by atoms with Gasteiger partial charge in [-0.15, -0.1) is 5.10 Å². The largest absolute Gasteiger partial charge is 0.463 e. The highest BCUT2D eigenvalue weighted by molar-refractivity contribution is 8.00. The van der Waals surface area contributed by atoms with E-state index in [0.717, 1.165) is 51.1 Å². The normalized spacial score (nSPS) is 28.2. The number of rotatable bonds is 12. The molecule has 0 N–H and O–H groups in total. The summed E-state index contributed by atoms with van der Waals surface area (Å²) in [5, 5.41) is 11.8. The Morgan fingerprint density at radius 1 is 0.830 bits per heavy atom. The molecule has 1 aromatic carbocycles. The van der Waals surface area contributed by atoms with Gasteiger partial charge in [0.2, 0.25) is 0 Å². The Morgan fingerprint density at radius 3 is 1.87 bits per heavy atom. The molecule has 0 spiro atoms. The van der Waals surface area contributed by atoms with Gasteiger partial charge < -0.3 is 33.2 Å². The predicted molar refractivity (Wildman–Crippen MR) is 171 cm³/mol. The Morgan fingerprint density at radius 2 is 1.34 bits per heavy atom. The Balaban J connectivity index is 1.82. The maximum Gasteiger partial charge on any atom is 0.303 e. The number of carbonyl (C=O) groups is 5. The van der Waals surface area contributed by atoms with E-state index < -0.39 is 120 Å². The van der Waals surface area contributed by atoms with E-state index in [1.807, 2.05) is 0 Å². The van der Waals surface area contributed by atoms with E-state index in [1.165, 1.54) is 6.20 Å². The molecule has 3 heterocycles. The predicted octanol–water partition coefficient (Wildman–Crippen LogP) is 3.32. The minimum Gasteiger partial charge on any atom is -0.463 e. The molecule has 5 unspecified atom stereocenters. The third-order valence-corrected chi connectivity index (χ3v) is 9.41. The van der Waals surface area contributed by atoms with Gasteiger partial charge in [0.15, 0.2) is 29.7 Å². The zero-order valence-corrected chi connectivity index (χ0v) is 29.9. The van der Waals surface area contributed by atoms with Gasteiger partial charge in [0, 0.05) is 51.0 Å². The van der Waals surface area contributed by atoms with E-state index >= 15 is 0 Å². The number of esters is 5. The lowest BCUT2D eigenvalue weighted by Crippen LogP contribution is -2.59. The summed E-state index contributed by atoms with van der Waals surface area (Å²) in [5.74, 6) is -9.31. The van der Waals surface area contributed by atoms with Crippen molar-refractivity contribution < 1.29 is 70.3 Å². The van der Waals surface area contributed by atoms with Crippen LogP contribution in [0, 0.1) is 23.4 Å². The van der Waals surface area contributed by atoms with E-state index in [9.17, 15) is 42.7 Å². The molecule has 0 saturated carbocycles. The summed E-state index contributed by atoms with van der Waals surface area (Å²) < 4.78 is 82.8. The van der Waals surface area contributed by atoms with Gasteiger partial charge in [-0.05, 0) is 17.7 Å². The zero-order chi connectivity index (χ0) is 39.1. The van der Waals surface area contributed by atoms with Crippen LogP contribution in [0.2, 0.25) is 0 Å². The molecular formula is C31H35F3N6O12S. The lowest BCUT2D eigenvalue weighted by molar-refractivity contribution is -0.213. The minimum atomic E-state index is -1.71. The summed E-state index contributed by atoms with van der Waals surface area (Å²) in [6.07, 6.45) is -5.34. The molecule has 53 heavy (non-hydrogen) atoms. The second-order valence-corrected chi connectivity index (χ2v) is 13.1. The van der Waals surface area contributed by atoms with Crippen LogP contribution >= 0.6 is 11.8 Å². The van der Waals surface area contributed by atoms with Gasteiger partial charge in [-0.1, -0.05) is 29.0 Å². The van der Waals surface area contributed by atoms with Crippen molar-refractivity contribution in [1.29, 1.82) is 0 Å². The molecule has 4 rings (SSSR count). The fourth-order valence-electron chi connectivity index (χ4n) is 5.79. The Labute approximate surface area is 303 Å². The minimum absolute atomic E-state index is 0.163. The molecule has 2 fully saturated rings. The first-order valence-electron chi connectivity index (χ1n) is 15.9. The molecule has 2 aliphatic heterocycles. The highest BCUT2D eigenvalue weighted by Crippen LogP contribution is 2.45. The third-order valence-electron chi connectivity index (χ3n) is 7.95. The van der Waals surface area contributed by atoms with E-state index in [0.29, 0.717) is 12.1 Å². The van der Waals surface area contributed by atoms with Crippen molar-refractivity contribution in [3.8, 4) is 11.3 Å². The Bertz CT molecular complexity index is 1740. The quantitative estimate of drug-likeness (QED) is 0.0752. The number of nitrogens with zero attached hydrogens (tertiary/aromatic N) is 6. The van der Waals surface area contributed by atoms with Crippen LogP contribution in [-0.4, -0.2) is 105 Å². The van der Waals surface area contributed by atoms with Crippen LogP contribution in [0.5, 0.6) is 0 Å². The van der Waals surface area contributed by atoms with E-state index in [-0.39, 0.29) is 11.3 Å². The summed E-state index contributed by atoms with van der Waals surface area (Å²) >= 11 is 0.885. The van der Waals surface area contributed by atoms with Crippen molar-refractivity contribution >= 4 is 41.6 Å². The number of thioether (sulfide) groups is 1. The lowest BCUT2D eigenvalue weighted by Gasteiger charge is -2.48. The van der Waals surface area contributed by atoms with Gasteiger partial charge in [0.1, 0.15) is 54.1 Å². The first-order valence-corrected chi connectivity index (χ1v) is 16.8. The van der Waals surface area contributed by atoms with Crippen molar-refractivity contribution in [3.63, 3.8) is 0 Å². The van der Waals surface area contributed by atoms with E-state index in [4.69, 9.17) is 33.2 Å². The molecular weight excluding hydrogens is 737 g/mol. The molecule has 2 aliphatic rings. The summed E-state index contributed by atoms with van der Waals surface area (Å²) in [6, 6.07) is -1.06. The molecule has 10 atom stereocenters. The second-order valence-electron chi connectivity index (χ2n) is 11.9. The number of benzene rings is 1. The average molecular weight is 773 g/mol. The number of hydrogen-bond donors (Lipinski definition) is 0. The number of hydrogen-bond acceptors (Lipinski definition) is 16. The highest BCUT2D eigenvalue weighted by atomic mass is 32.2. The number of halogens is 3. The number of azide groups is 1. The number of carbonyl (C=O) groups excluding carboxylic acids is 5. The van der Waals surface area contributed by atoms with Gasteiger partial charge >= 0.3 is 29.8 Å². The molecule has 22 heteroatoms. The fraction of sp³-hybridized carbons (Fsp3) is 0.581. The van der Waals surface area contributed by atoms with Crippen molar-refractivity contribution in [2.24, 2.45) is 11.0 Å². The highest BCUT2D eigenvalue weighted by Gasteiger charge is 2.55. The van der Waals surface area contributed by atoms with Crippen LogP contribution in [0.15, 0.2) is 23.4 Å². The van der Waals surface area contributed by atoms with E-state index in [2.05, 4.69) is 20.3 Å². The molecule has 0 radical (unpaired) electrons. The van der Waals surface area contributed by atoms with Gasteiger partial charge in [-0.3, -0.25) is 24.0 Å². The van der Waals surface area contributed by atoms with Crippen LogP contribution in [0.1, 0.15) is 47.6 Å². The van der Waals surface area contributed by atoms with Gasteiger partial charge in [0.25, 0.3) is 0 Å². The fourth-order valence-corrected chi connectivity index (χ4v) is 7.25. The summed E-state index contributed by atoms with van der Waals surface area (Å²) in [7, 11) is 0. The summed E-state index contributed by atoms with van der Waals surface area (Å²) in [5.41, 5.74) is 6.69. The third kappa shape index (κ3) is 10.2. The SMILES string of the molecule is CC(=O)OCC1O[C@@H](SC2O[C@H](COC(C)=O)C(OC(C)=O)C(N=[N+]=[N-])[C@H]2C)C(OC(C)=O)[C@@H](n2cc(-c3cc(F)c(F)c(F)c3)nn2)[C@H]1OC(C)=O. The number of aromatic nitrogens is 3. The molecule has 2 aromatic rings. The lowest BCUT2D eigenvalue weighted by atomic mass is 9.91. The summed E-state index contributed by atoms with van der Waals surface area (Å²) in [4.78, 5) is 63.6. The second kappa shape index (κ2) is 17.7. The maximum atomic E-state index is 14.1. The van der Waals surface area contributed by atoms with Crippen LogP contribution in [-0.2, 0) is 57.1 Å². The standard InChI is InChI=1S/C31H35F3N6O12S/c1-12-25(37-38-35)27(48-15(4)43)22(10-46-13(2)41)51-30(12)53-31-29(50-17(6)45)26(28(49-16(5)44)23(52-31)11-47-14(3)42)40-9-21(36-39-40)18-7-19(32)24(34)20(33)8-18/h7-9,12,22-23,25-31H,10-11H2,1-6H3/t12-,22-,23?,25?,26+,27?,28+,29?,30?,31+/m1/s1. The summed E-state index contributed by atoms with van der Waals surface area (Å²) in [6.45, 7) is 6.23.